The molecule has 0 aromatic heterocycles. The highest BCUT2D eigenvalue weighted by Crippen LogP contribution is 2.30. The molecule has 6 unspecified atom stereocenters. The van der Waals surface area contributed by atoms with Crippen molar-refractivity contribution in [2.45, 2.75) is 56.3 Å². The lowest BCUT2D eigenvalue weighted by atomic mass is 9.98. The molecule has 2 saturated heterocycles. The molecule has 2 heterocycles. The lowest BCUT2D eigenvalue weighted by Gasteiger charge is -2.45. The van der Waals surface area contributed by atoms with Gasteiger partial charge in [0.1, 0.15) is 24.4 Å². The predicted molar refractivity (Wildman–Crippen MR) is 77.6 cm³/mol. The summed E-state index contributed by atoms with van der Waals surface area (Å²) in [7, 11) is 6.45. The average molecular weight is 320 g/mol. The van der Waals surface area contributed by atoms with Gasteiger partial charge in [0.15, 0.2) is 12.6 Å². The van der Waals surface area contributed by atoms with E-state index in [0.717, 1.165) is 25.9 Å². The van der Waals surface area contributed by atoms with E-state index in [1.165, 1.54) is 0 Å². The number of rotatable bonds is 7. The Morgan fingerprint density at radius 2 is 1.68 bits per heavy atom. The molecular weight excluding hydrogens is 292 g/mol. The van der Waals surface area contributed by atoms with Gasteiger partial charge in [-0.3, -0.25) is 0 Å². The monoisotopic (exact) mass is 320 g/mol. The van der Waals surface area contributed by atoms with Crippen LogP contribution in [0.3, 0.4) is 0 Å². The van der Waals surface area contributed by atoms with Crippen LogP contribution in [0.4, 0.5) is 0 Å². The van der Waals surface area contributed by atoms with Crippen LogP contribution in [0.25, 0.3) is 0 Å². The van der Waals surface area contributed by atoms with Crippen molar-refractivity contribution in [3.8, 4) is 0 Å². The van der Waals surface area contributed by atoms with Gasteiger partial charge in [-0.05, 0) is 19.3 Å². The summed E-state index contributed by atoms with van der Waals surface area (Å²) in [6.45, 7) is 1.10. The third kappa shape index (κ3) is 4.17. The summed E-state index contributed by atoms with van der Waals surface area (Å²) < 4.78 is 39.5. The van der Waals surface area contributed by atoms with Gasteiger partial charge < -0.3 is 33.2 Å². The molecule has 6 atom stereocenters. The van der Waals surface area contributed by atoms with Crippen molar-refractivity contribution in [1.82, 2.24) is 0 Å². The van der Waals surface area contributed by atoms with Crippen molar-refractivity contribution in [1.29, 1.82) is 0 Å². The summed E-state index contributed by atoms with van der Waals surface area (Å²) >= 11 is 0. The van der Waals surface area contributed by atoms with E-state index in [1.54, 1.807) is 28.4 Å². The zero-order valence-electron chi connectivity index (χ0n) is 13.9. The van der Waals surface area contributed by atoms with E-state index in [-0.39, 0.29) is 30.7 Å². The number of hydrogen-bond donors (Lipinski definition) is 0. The minimum absolute atomic E-state index is 0.240. The lowest BCUT2D eigenvalue weighted by Crippen LogP contribution is -2.62. The average Bonchev–Trinajstić information content (AvgIpc) is 2.56. The molecule has 2 aliphatic heterocycles. The van der Waals surface area contributed by atoms with E-state index in [0.29, 0.717) is 6.61 Å². The summed E-state index contributed by atoms with van der Waals surface area (Å²) in [5.74, 6) is 0. The molecule has 2 fully saturated rings. The predicted octanol–water partition coefficient (Wildman–Crippen LogP) is 0.946. The molecule has 130 valence electrons. The second kappa shape index (κ2) is 9.12. The lowest BCUT2D eigenvalue weighted by molar-refractivity contribution is -0.332. The Bertz CT molecular complexity index is 308. The zero-order chi connectivity index (χ0) is 15.9. The number of hydrogen-bond acceptors (Lipinski definition) is 7. The van der Waals surface area contributed by atoms with E-state index < -0.39 is 6.29 Å². The second-order valence-electron chi connectivity index (χ2n) is 5.53. The summed E-state index contributed by atoms with van der Waals surface area (Å²) in [6.07, 6.45) is 0.922. The molecule has 0 saturated carbocycles. The van der Waals surface area contributed by atoms with Gasteiger partial charge in [-0.1, -0.05) is 0 Å². The van der Waals surface area contributed by atoms with Gasteiger partial charge in [0.25, 0.3) is 0 Å². The fraction of sp³-hybridized carbons (Fsp3) is 1.00. The fourth-order valence-corrected chi connectivity index (χ4v) is 3.04. The highest BCUT2D eigenvalue weighted by Gasteiger charge is 2.48. The molecule has 0 amide bonds. The van der Waals surface area contributed by atoms with Gasteiger partial charge >= 0.3 is 0 Å². The van der Waals surface area contributed by atoms with E-state index in [1.807, 2.05) is 0 Å². The molecule has 7 heteroatoms. The second-order valence-corrected chi connectivity index (χ2v) is 5.53. The topological polar surface area (TPSA) is 64.6 Å². The van der Waals surface area contributed by atoms with Crippen LogP contribution >= 0.6 is 0 Å². The summed E-state index contributed by atoms with van der Waals surface area (Å²) in [4.78, 5) is 0. The third-order valence-corrected chi connectivity index (χ3v) is 4.15. The van der Waals surface area contributed by atoms with Gasteiger partial charge in [0, 0.05) is 35.0 Å². The first-order chi connectivity index (χ1) is 10.7. The first-order valence-corrected chi connectivity index (χ1v) is 7.75. The SMILES string of the molecule is COCC1OC(OC)C(OC)C(OC)C1OC1CCCCO1. The molecule has 2 aliphatic rings. The Labute approximate surface area is 132 Å². The maximum atomic E-state index is 6.14. The van der Waals surface area contributed by atoms with Crippen LogP contribution in [0, 0.1) is 0 Å². The molecule has 0 aromatic carbocycles. The van der Waals surface area contributed by atoms with Crippen molar-refractivity contribution in [2.75, 3.05) is 41.7 Å². The first kappa shape index (κ1) is 18.1. The quantitative estimate of drug-likeness (QED) is 0.692. The Hall–Kier alpha value is -0.280. The normalized spacial score (nSPS) is 39.8. The molecule has 0 N–H and O–H groups in total. The van der Waals surface area contributed by atoms with Crippen molar-refractivity contribution >= 4 is 0 Å². The smallest absolute Gasteiger partial charge is 0.186 e. The van der Waals surface area contributed by atoms with Crippen LogP contribution in [0.5, 0.6) is 0 Å². The Balaban J connectivity index is 2.11. The van der Waals surface area contributed by atoms with Gasteiger partial charge in [0.2, 0.25) is 0 Å². The minimum atomic E-state index is -0.526. The van der Waals surface area contributed by atoms with Crippen molar-refractivity contribution in [2.24, 2.45) is 0 Å². The molecular formula is C15H28O7. The fourth-order valence-electron chi connectivity index (χ4n) is 3.04. The number of methoxy groups -OCH3 is 4. The Kier molecular flexibility index (Phi) is 7.49. The van der Waals surface area contributed by atoms with Crippen LogP contribution in [0.1, 0.15) is 19.3 Å². The van der Waals surface area contributed by atoms with Gasteiger partial charge in [-0.25, -0.2) is 0 Å². The van der Waals surface area contributed by atoms with Crippen LogP contribution in [0.2, 0.25) is 0 Å². The molecule has 0 radical (unpaired) electrons. The first-order valence-electron chi connectivity index (χ1n) is 7.75. The van der Waals surface area contributed by atoms with Crippen LogP contribution in [-0.4, -0.2) is 78.6 Å². The van der Waals surface area contributed by atoms with Crippen molar-refractivity contribution < 1.29 is 33.2 Å². The molecule has 0 spiro atoms. The Morgan fingerprint density at radius 3 is 2.23 bits per heavy atom. The number of ether oxygens (including phenoxy) is 7. The van der Waals surface area contributed by atoms with E-state index in [2.05, 4.69) is 0 Å². The standard InChI is InChI=1S/C15H28O7/c1-16-9-10-12(22-11-7-5-6-8-20-11)13(17-2)14(18-3)15(19-4)21-10/h10-15H,5-9H2,1-4H3. The maximum absolute atomic E-state index is 6.14. The summed E-state index contributed by atoms with van der Waals surface area (Å²) in [5.41, 5.74) is 0. The van der Waals surface area contributed by atoms with Gasteiger partial charge in [-0.15, -0.1) is 0 Å². The zero-order valence-corrected chi connectivity index (χ0v) is 13.9. The molecule has 7 nitrogen and oxygen atoms in total. The molecule has 0 aliphatic carbocycles. The van der Waals surface area contributed by atoms with Crippen LogP contribution in [-0.2, 0) is 33.2 Å². The van der Waals surface area contributed by atoms with Gasteiger partial charge in [-0.2, -0.15) is 0 Å². The molecule has 0 bridgehead atoms. The van der Waals surface area contributed by atoms with Crippen LogP contribution < -0.4 is 0 Å². The van der Waals surface area contributed by atoms with E-state index >= 15 is 0 Å². The maximum Gasteiger partial charge on any atom is 0.186 e. The molecule has 0 aromatic rings. The van der Waals surface area contributed by atoms with E-state index in [9.17, 15) is 0 Å². The highest BCUT2D eigenvalue weighted by atomic mass is 16.7. The summed E-state index contributed by atoms with van der Waals surface area (Å²) in [6, 6.07) is 0. The van der Waals surface area contributed by atoms with Crippen molar-refractivity contribution in [3.63, 3.8) is 0 Å². The summed E-state index contributed by atoms with van der Waals surface area (Å²) in [5, 5.41) is 0. The minimum Gasteiger partial charge on any atom is -0.382 e. The highest BCUT2D eigenvalue weighted by molar-refractivity contribution is 4.92. The third-order valence-electron chi connectivity index (χ3n) is 4.15. The van der Waals surface area contributed by atoms with Crippen LogP contribution in [0.15, 0.2) is 0 Å². The van der Waals surface area contributed by atoms with Crippen molar-refractivity contribution in [3.05, 3.63) is 0 Å². The molecule has 2 rings (SSSR count). The largest absolute Gasteiger partial charge is 0.382 e. The van der Waals surface area contributed by atoms with Gasteiger partial charge in [0.05, 0.1) is 6.61 Å². The molecule has 22 heavy (non-hydrogen) atoms. The van der Waals surface area contributed by atoms with E-state index in [4.69, 9.17) is 33.2 Å². The Morgan fingerprint density at radius 1 is 0.909 bits per heavy atom.